The summed E-state index contributed by atoms with van der Waals surface area (Å²) >= 11 is 0. The first-order valence-electron chi connectivity index (χ1n) is 6.27. The van der Waals surface area contributed by atoms with Crippen LogP contribution >= 0.6 is 0 Å². The fourth-order valence-electron chi connectivity index (χ4n) is 2.56. The summed E-state index contributed by atoms with van der Waals surface area (Å²) in [5.41, 5.74) is 7.16. The van der Waals surface area contributed by atoms with Crippen LogP contribution in [0.3, 0.4) is 0 Å². The molecule has 5 nitrogen and oxygen atoms in total. The first-order valence-corrected chi connectivity index (χ1v) is 6.27. The molecule has 2 rings (SSSR count). The van der Waals surface area contributed by atoms with Crippen molar-refractivity contribution >= 4 is 17.1 Å². The molecule has 1 aliphatic carbocycles. The molecule has 0 bridgehead atoms. The lowest BCUT2D eigenvalue weighted by Crippen LogP contribution is -2.23. The molecule has 1 fully saturated rings. The number of nitro groups is 1. The van der Waals surface area contributed by atoms with Crippen LogP contribution in [0.5, 0.6) is 0 Å². The van der Waals surface area contributed by atoms with Gasteiger partial charge in [0.15, 0.2) is 0 Å². The summed E-state index contributed by atoms with van der Waals surface area (Å²) in [7, 11) is 0. The van der Waals surface area contributed by atoms with Gasteiger partial charge in [-0.25, -0.2) is 0 Å². The predicted octanol–water partition coefficient (Wildman–Crippen LogP) is 3.17. The first kappa shape index (κ1) is 12.7. The number of rotatable bonds is 4. The number of non-ortho nitro benzene ring substituents is 1. The second-order valence-electron chi connectivity index (χ2n) is 5.44. The number of benzene rings is 1. The van der Waals surface area contributed by atoms with Gasteiger partial charge in [0.05, 0.1) is 4.92 Å². The Morgan fingerprint density at radius 1 is 1.39 bits per heavy atom. The fraction of sp³-hybridized carbons (Fsp3) is 0.538. The van der Waals surface area contributed by atoms with Crippen LogP contribution in [0.2, 0.25) is 0 Å². The van der Waals surface area contributed by atoms with E-state index in [1.807, 2.05) is 0 Å². The van der Waals surface area contributed by atoms with E-state index in [2.05, 4.69) is 12.2 Å². The van der Waals surface area contributed by atoms with Crippen LogP contribution in [0.25, 0.3) is 0 Å². The minimum Gasteiger partial charge on any atom is -0.398 e. The highest BCUT2D eigenvalue weighted by Crippen LogP contribution is 2.37. The van der Waals surface area contributed by atoms with Crippen molar-refractivity contribution in [2.24, 2.45) is 5.41 Å². The number of nitrogens with two attached hydrogens (primary N) is 1. The SMILES string of the molecule is CC1(CNc2cc(N)cc([N+](=O)[O-])c2)CCCC1. The normalized spacial score (nSPS) is 17.6. The molecule has 5 heteroatoms. The Morgan fingerprint density at radius 3 is 2.67 bits per heavy atom. The second-order valence-corrected chi connectivity index (χ2v) is 5.44. The van der Waals surface area contributed by atoms with Gasteiger partial charge in [-0.05, 0) is 24.3 Å². The van der Waals surface area contributed by atoms with Gasteiger partial charge in [-0.15, -0.1) is 0 Å². The van der Waals surface area contributed by atoms with Gasteiger partial charge in [0, 0.05) is 30.1 Å². The van der Waals surface area contributed by atoms with E-state index in [4.69, 9.17) is 5.73 Å². The standard InChI is InChI=1S/C13H19N3O2/c1-13(4-2-3-5-13)9-15-11-6-10(14)7-12(8-11)16(17)18/h6-8,15H,2-5,9,14H2,1H3. The van der Waals surface area contributed by atoms with E-state index in [1.54, 1.807) is 6.07 Å². The minimum atomic E-state index is -0.418. The third-order valence-corrected chi connectivity index (χ3v) is 3.68. The molecule has 0 heterocycles. The molecule has 0 saturated heterocycles. The molecule has 0 unspecified atom stereocenters. The van der Waals surface area contributed by atoms with Gasteiger partial charge in [-0.2, -0.15) is 0 Å². The number of nitrogen functional groups attached to an aromatic ring is 1. The topological polar surface area (TPSA) is 81.2 Å². The molecule has 1 aromatic rings. The van der Waals surface area contributed by atoms with Crippen LogP contribution < -0.4 is 11.1 Å². The highest BCUT2D eigenvalue weighted by Gasteiger charge is 2.28. The van der Waals surface area contributed by atoms with Crippen LogP contribution in [-0.2, 0) is 0 Å². The van der Waals surface area contributed by atoms with E-state index in [9.17, 15) is 10.1 Å². The summed E-state index contributed by atoms with van der Waals surface area (Å²) in [6.45, 7) is 3.10. The van der Waals surface area contributed by atoms with Crippen molar-refractivity contribution < 1.29 is 4.92 Å². The molecule has 3 N–H and O–H groups in total. The maximum Gasteiger partial charge on any atom is 0.273 e. The quantitative estimate of drug-likeness (QED) is 0.488. The second kappa shape index (κ2) is 4.84. The molecule has 0 radical (unpaired) electrons. The largest absolute Gasteiger partial charge is 0.398 e. The lowest BCUT2D eigenvalue weighted by atomic mass is 9.89. The number of hydrogen-bond donors (Lipinski definition) is 2. The molecule has 0 aromatic heterocycles. The van der Waals surface area contributed by atoms with E-state index in [-0.39, 0.29) is 5.69 Å². The Morgan fingerprint density at radius 2 is 2.06 bits per heavy atom. The van der Waals surface area contributed by atoms with Gasteiger partial charge in [0.25, 0.3) is 5.69 Å². The summed E-state index contributed by atoms with van der Waals surface area (Å²) in [6.07, 6.45) is 4.97. The van der Waals surface area contributed by atoms with Crippen molar-refractivity contribution in [2.75, 3.05) is 17.6 Å². The van der Waals surface area contributed by atoms with Crippen LogP contribution in [0.15, 0.2) is 18.2 Å². The van der Waals surface area contributed by atoms with E-state index in [0.29, 0.717) is 11.1 Å². The number of nitro benzene ring substituents is 1. The van der Waals surface area contributed by atoms with Crippen LogP contribution in [0, 0.1) is 15.5 Å². The minimum absolute atomic E-state index is 0.0362. The van der Waals surface area contributed by atoms with Gasteiger partial charge >= 0.3 is 0 Å². The summed E-state index contributed by atoms with van der Waals surface area (Å²) in [4.78, 5) is 10.3. The van der Waals surface area contributed by atoms with Gasteiger partial charge in [-0.3, -0.25) is 10.1 Å². The van der Waals surface area contributed by atoms with Crippen molar-refractivity contribution in [1.82, 2.24) is 0 Å². The van der Waals surface area contributed by atoms with Crippen molar-refractivity contribution in [2.45, 2.75) is 32.6 Å². The zero-order valence-electron chi connectivity index (χ0n) is 10.6. The fourth-order valence-corrected chi connectivity index (χ4v) is 2.56. The third kappa shape index (κ3) is 2.91. The van der Waals surface area contributed by atoms with E-state index >= 15 is 0 Å². The lowest BCUT2D eigenvalue weighted by molar-refractivity contribution is -0.384. The molecule has 0 aliphatic heterocycles. The Bertz CT molecular complexity index is 454. The summed E-state index contributed by atoms with van der Waals surface area (Å²) in [6, 6.07) is 4.66. The first-order chi connectivity index (χ1) is 8.48. The number of anilines is 2. The third-order valence-electron chi connectivity index (χ3n) is 3.68. The van der Waals surface area contributed by atoms with E-state index in [0.717, 1.165) is 12.2 Å². The number of nitrogens with zero attached hydrogens (tertiary/aromatic N) is 1. The van der Waals surface area contributed by atoms with Crippen molar-refractivity contribution in [1.29, 1.82) is 0 Å². The van der Waals surface area contributed by atoms with Crippen LogP contribution in [0.1, 0.15) is 32.6 Å². The summed E-state index contributed by atoms with van der Waals surface area (Å²) < 4.78 is 0. The predicted molar refractivity (Wildman–Crippen MR) is 72.6 cm³/mol. The number of hydrogen-bond acceptors (Lipinski definition) is 4. The van der Waals surface area contributed by atoms with Gasteiger partial charge in [0.1, 0.15) is 0 Å². The molecule has 1 saturated carbocycles. The Hall–Kier alpha value is -1.78. The summed E-state index contributed by atoms with van der Waals surface area (Å²) in [5, 5.41) is 14.0. The molecule has 0 atom stereocenters. The van der Waals surface area contributed by atoms with Crippen molar-refractivity contribution in [3.63, 3.8) is 0 Å². The maximum atomic E-state index is 10.8. The van der Waals surface area contributed by atoms with E-state index in [1.165, 1.54) is 37.8 Å². The van der Waals surface area contributed by atoms with E-state index < -0.39 is 4.92 Å². The summed E-state index contributed by atoms with van der Waals surface area (Å²) in [5.74, 6) is 0. The monoisotopic (exact) mass is 249 g/mol. The number of nitrogens with one attached hydrogen (secondary N) is 1. The van der Waals surface area contributed by atoms with Gasteiger partial charge in [-0.1, -0.05) is 19.8 Å². The molecule has 98 valence electrons. The Kier molecular flexibility index (Phi) is 3.41. The Labute approximate surface area is 107 Å². The molecular formula is C13H19N3O2. The van der Waals surface area contributed by atoms with Crippen LogP contribution in [-0.4, -0.2) is 11.5 Å². The molecule has 18 heavy (non-hydrogen) atoms. The smallest absolute Gasteiger partial charge is 0.273 e. The van der Waals surface area contributed by atoms with Crippen molar-refractivity contribution in [3.8, 4) is 0 Å². The average Bonchev–Trinajstić information content (AvgIpc) is 2.73. The molecule has 1 aromatic carbocycles. The van der Waals surface area contributed by atoms with Gasteiger partial charge in [0.2, 0.25) is 0 Å². The lowest BCUT2D eigenvalue weighted by Gasteiger charge is -2.24. The molecule has 1 aliphatic rings. The maximum absolute atomic E-state index is 10.8. The molecule has 0 amide bonds. The zero-order valence-corrected chi connectivity index (χ0v) is 10.6. The molecular weight excluding hydrogens is 230 g/mol. The van der Waals surface area contributed by atoms with Gasteiger partial charge < -0.3 is 11.1 Å². The van der Waals surface area contributed by atoms with Crippen molar-refractivity contribution in [3.05, 3.63) is 28.3 Å². The highest BCUT2D eigenvalue weighted by atomic mass is 16.6. The Balaban J connectivity index is 2.07. The zero-order chi connectivity index (χ0) is 13.2. The highest BCUT2D eigenvalue weighted by molar-refractivity contribution is 5.61. The average molecular weight is 249 g/mol. The van der Waals surface area contributed by atoms with Crippen LogP contribution in [0.4, 0.5) is 17.1 Å². The molecule has 0 spiro atoms.